The summed E-state index contributed by atoms with van der Waals surface area (Å²) in [6, 6.07) is 1.55. The summed E-state index contributed by atoms with van der Waals surface area (Å²) in [7, 11) is 0. The number of esters is 1. The van der Waals surface area contributed by atoms with E-state index in [2.05, 4.69) is 20.5 Å². The summed E-state index contributed by atoms with van der Waals surface area (Å²) in [5.74, 6) is -0.661. The van der Waals surface area contributed by atoms with Gasteiger partial charge in [0.1, 0.15) is 0 Å². The molecule has 0 aliphatic heterocycles. The highest BCUT2D eigenvalue weighted by atomic mass is 32.1. The van der Waals surface area contributed by atoms with Gasteiger partial charge in [0.25, 0.3) is 5.91 Å². The number of amides is 1. The Kier molecular flexibility index (Phi) is 4.72. The van der Waals surface area contributed by atoms with Gasteiger partial charge in [-0.3, -0.25) is 14.9 Å². The van der Waals surface area contributed by atoms with Crippen LogP contribution < -0.4 is 5.32 Å². The van der Waals surface area contributed by atoms with E-state index in [0.29, 0.717) is 23.0 Å². The van der Waals surface area contributed by atoms with Gasteiger partial charge >= 0.3 is 5.97 Å². The maximum atomic E-state index is 11.8. The molecular formula is C12H12N4O3S. The number of anilines is 1. The third-order valence-electron chi connectivity index (χ3n) is 2.25. The molecule has 0 atom stereocenters. The fourth-order valence-corrected chi connectivity index (χ4v) is 2.11. The summed E-state index contributed by atoms with van der Waals surface area (Å²) in [5.41, 5.74) is 0.957. The predicted octanol–water partition coefficient (Wildman–Crippen LogP) is 1.29. The van der Waals surface area contributed by atoms with Crippen LogP contribution in [0, 0.1) is 0 Å². The molecule has 20 heavy (non-hydrogen) atoms. The van der Waals surface area contributed by atoms with Gasteiger partial charge in [0.15, 0.2) is 5.13 Å². The minimum absolute atomic E-state index is 0.0943. The molecular weight excluding hydrogens is 280 g/mol. The molecule has 2 heterocycles. The van der Waals surface area contributed by atoms with E-state index < -0.39 is 0 Å². The van der Waals surface area contributed by atoms with Gasteiger partial charge in [-0.1, -0.05) is 0 Å². The van der Waals surface area contributed by atoms with Gasteiger partial charge in [-0.15, -0.1) is 11.3 Å². The smallest absolute Gasteiger partial charge is 0.311 e. The largest absolute Gasteiger partial charge is 0.466 e. The molecule has 2 aromatic heterocycles. The molecule has 1 amide bonds. The lowest BCUT2D eigenvalue weighted by Crippen LogP contribution is -2.12. The van der Waals surface area contributed by atoms with Crippen LogP contribution in [0.25, 0.3) is 0 Å². The Hall–Kier alpha value is -2.35. The molecule has 2 rings (SSSR count). The van der Waals surface area contributed by atoms with Crippen molar-refractivity contribution in [2.24, 2.45) is 0 Å². The van der Waals surface area contributed by atoms with E-state index in [9.17, 15) is 9.59 Å². The van der Waals surface area contributed by atoms with E-state index >= 15 is 0 Å². The van der Waals surface area contributed by atoms with Crippen LogP contribution in [0.3, 0.4) is 0 Å². The normalized spacial score (nSPS) is 10.1. The van der Waals surface area contributed by atoms with Crippen molar-refractivity contribution in [2.45, 2.75) is 13.3 Å². The minimum atomic E-state index is -0.339. The monoisotopic (exact) mass is 292 g/mol. The molecule has 104 valence electrons. The topological polar surface area (TPSA) is 94.1 Å². The zero-order chi connectivity index (χ0) is 14.4. The summed E-state index contributed by atoms with van der Waals surface area (Å²) >= 11 is 1.25. The molecule has 1 N–H and O–H groups in total. The van der Waals surface area contributed by atoms with Crippen molar-refractivity contribution >= 4 is 28.3 Å². The van der Waals surface area contributed by atoms with Gasteiger partial charge in [0, 0.05) is 5.38 Å². The summed E-state index contributed by atoms with van der Waals surface area (Å²) in [4.78, 5) is 27.3. The maximum Gasteiger partial charge on any atom is 0.311 e. The Balaban J connectivity index is 1.96. The van der Waals surface area contributed by atoms with Crippen molar-refractivity contribution in [1.82, 2.24) is 15.2 Å². The Morgan fingerprint density at radius 3 is 2.95 bits per heavy atom. The summed E-state index contributed by atoms with van der Waals surface area (Å²) < 4.78 is 4.83. The first-order chi connectivity index (χ1) is 9.69. The number of rotatable bonds is 5. The fourth-order valence-electron chi connectivity index (χ4n) is 1.40. The highest BCUT2D eigenvalue weighted by Crippen LogP contribution is 2.17. The quantitative estimate of drug-likeness (QED) is 0.834. The predicted molar refractivity (Wildman–Crippen MR) is 72.4 cm³/mol. The lowest BCUT2D eigenvalue weighted by atomic mass is 10.3. The molecule has 0 bridgehead atoms. The zero-order valence-corrected chi connectivity index (χ0v) is 11.5. The Bertz CT molecular complexity index is 600. The van der Waals surface area contributed by atoms with E-state index in [-0.39, 0.29) is 18.3 Å². The number of carbonyl (C=O) groups excluding carboxylic acids is 2. The number of hydrogen-bond acceptors (Lipinski definition) is 7. The number of aromatic nitrogens is 3. The van der Waals surface area contributed by atoms with Crippen LogP contribution in [0.1, 0.15) is 23.0 Å². The van der Waals surface area contributed by atoms with Gasteiger partial charge in [-0.2, -0.15) is 10.2 Å². The molecule has 0 spiro atoms. The highest BCUT2D eigenvalue weighted by Gasteiger charge is 2.11. The number of carbonyl (C=O) groups is 2. The Morgan fingerprint density at radius 1 is 1.40 bits per heavy atom. The number of hydrogen-bond donors (Lipinski definition) is 1. The zero-order valence-electron chi connectivity index (χ0n) is 10.7. The molecule has 7 nitrogen and oxygen atoms in total. The standard InChI is InChI=1S/C12H12N4O3S/c1-2-19-10(17)5-9-7-20-12(15-9)16-11(18)8-3-4-13-14-6-8/h3-4,6-7H,2,5H2,1H3,(H,15,16,18). The molecule has 0 saturated carbocycles. The van der Waals surface area contributed by atoms with Gasteiger partial charge in [0.2, 0.25) is 0 Å². The average molecular weight is 292 g/mol. The van der Waals surface area contributed by atoms with E-state index in [1.165, 1.54) is 23.7 Å². The highest BCUT2D eigenvalue weighted by molar-refractivity contribution is 7.14. The van der Waals surface area contributed by atoms with Crippen LogP contribution in [-0.2, 0) is 16.0 Å². The van der Waals surface area contributed by atoms with Crippen molar-refractivity contribution in [2.75, 3.05) is 11.9 Å². The van der Waals surface area contributed by atoms with Gasteiger partial charge in [-0.05, 0) is 13.0 Å². The number of ether oxygens (including phenoxy) is 1. The lowest BCUT2D eigenvalue weighted by Gasteiger charge is -2.00. The number of nitrogens with one attached hydrogen (secondary N) is 1. The second-order valence-corrected chi connectivity index (χ2v) is 4.57. The van der Waals surface area contributed by atoms with Crippen LogP contribution in [0.2, 0.25) is 0 Å². The third-order valence-corrected chi connectivity index (χ3v) is 3.06. The fraction of sp³-hybridized carbons (Fsp3) is 0.250. The van der Waals surface area contributed by atoms with E-state index in [1.54, 1.807) is 18.4 Å². The van der Waals surface area contributed by atoms with E-state index in [0.717, 1.165) is 0 Å². The van der Waals surface area contributed by atoms with E-state index in [4.69, 9.17) is 4.74 Å². The van der Waals surface area contributed by atoms with Crippen molar-refractivity contribution in [3.63, 3.8) is 0 Å². The molecule has 0 unspecified atom stereocenters. The minimum Gasteiger partial charge on any atom is -0.466 e. The summed E-state index contributed by atoms with van der Waals surface area (Å²) in [6.45, 7) is 2.08. The first-order valence-corrected chi connectivity index (χ1v) is 6.75. The third kappa shape index (κ3) is 3.82. The molecule has 2 aromatic rings. The summed E-state index contributed by atoms with van der Waals surface area (Å²) in [5, 5.41) is 12.0. The van der Waals surface area contributed by atoms with Crippen molar-refractivity contribution in [1.29, 1.82) is 0 Å². The van der Waals surface area contributed by atoms with Crippen molar-refractivity contribution in [3.05, 3.63) is 35.1 Å². The lowest BCUT2D eigenvalue weighted by molar-refractivity contribution is -0.142. The summed E-state index contributed by atoms with van der Waals surface area (Å²) in [6.07, 6.45) is 2.89. The Labute approximate surface area is 119 Å². The molecule has 0 aromatic carbocycles. The van der Waals surface area contributed by atoms with Crippen molar-refractivity contribution < 1.29 is 14.3 Å². The van der Waals surface area contributed by atoms with Gasteiger partial charge in [0.05, 0.1) is 36.7 Å². The van der Waals surface area contributed by atoms with Gasteiger partial charge in [-0.25, -0.2) is 4.98 Å². The van der Waals surface area contributed by atoms with Crippen LogP contribution in [0.15, 0.2) is 23.8 Å². The molecule has 0 aliphatic rings. The Morgan fingerprint density at radius 2 is 2.25 bits per heavy atom. The molecule has 8 heteroatoms. The molecule has 0 saturated heterocycles. The van der Waals surface area contributed by atoms with Crippen LogP contribution >= 0.6 is 11.3 Å². The molecule has 0 fully saturated rings. The van der Waals surface area contributed by atoms with Crippen molar-refractivity contribution in [3.8, 4) is 0 Å². The van der Waals surface area contributed by atoms with Crippen LogP contribution in [-0.4, -0.2) is 33.7 Å². The molecule has 0 radical (unpaired) electrons. The van der Waals surface area contributed by atoms with Gasteiger partial charge < -0.3 is 4.74 Å². The molecule has 0 aliphatic carbocycles. The SMILES string of the molecule is CCOC(=O)Cc1csc(NC(=O)c2ccnnc2)n1. The first-order valence-electron chi connectivity index (χ1n) is 5.87. The second kappa shape index (κ2) is 6.71. The van der Waals surface area contributed by atoms with Crippen LogP contribution in [0.5, 0.6) is 0 Å². The second-order valence-electron chi connectivity index (χ2n) is 3.71. The van der Waals surface area contributed by atoms with Crippen LogP contribution in [0.4, 0.5) is 5.13 Å². The number of nitrogens with zero attached hydrogens (tertiary/aromatic N) is 3. The maximum absolute atomic E-state index is 11.8. The number of thiazole rings is 1. The average Bonchev–Trinajstić information content (AvgIpc) is 2.87. The van der Waals surface area contributed by atoms with E-state index in [1.807, 2.05) is 0 Å². The first kappa shape index (κ1) is 14.1.